The number of esters is 3. The third kappa shape index (κ3) is 15.3. The van der Waals surface area contributed by atoms with E-state index in [2.05, 4.69) is 23.8 Å². The molecule has 0 aliphatic heterocycles. The Morgan fingerprint density at radius 2 is 1.50 bits per heavy atom. The van der Waals surface area contributed by atoms with Crippen LogP contribution in [0.15, 0.2) is 30.4 Å². The molecule has 0 fully saturated rings. The number of carbonyl (C=O) groups is 3. The first kappa shape index (κ1) is 34.7. The smallest absolute Gasteiger partial charge is 0.331 e. The van der Waals surface area contributed by atoms with Crippen molar-refractivity contribution in [3.8, 4) is 17.2 Å². The van der Waals surface area contributed by atoms with Gasteiger partial charge in [0.1, 0.15) is 6.10 Å². The molecule has 1 aromatic rings. The summed E-state index contributed by atoms with van der Waals surface area (Å²) in [5.41, 5.74) is 0.645. The number of unbranched alkanes of at least 4 members (excludes halogenated alkanes) is 8. The predicted molar refractivity (Wildman–Crippen MR) is 157 cm³/mol. The van der Waals surface area contributed by atoms with Crippen molar-refractivity contribution in [2.24, 2.45) is 0 Å². The largest absolute Gasteiger partial charge is 0.493 e. The van der Waals surface area contributed by atoms with E-state index in [1.165, 1.54) is 40.7 Å². The van der Waals surface area contributed by atoms with Gasteiger partial charge in [-0.05, 0) is 55.9 Å². The number of hydrogen-bond donors (Lipinski definition) is 0. The summed E-state index contributed by atoms with van der Waals surface area (Å²) >= 11 is 0. The second-order valence-corrected chi connectivity index (χ2v) is 9.68. The molecule has 0 heterocycles. The van der Waals surface area contributed by atoms with Crippen LogP contribution in [0.2, 0.25) is 0 Å². The van der Waals surface area contributed by atoms with E-state index in [1.807, 2.05) is 0 Å². The van der Waals surface area contributed by atoms with Gasteiger partial charge in [0.25, 0.3) is 0 Å². The summed E-state index contributed by atoms with van der Waals surface area (Å²) in [6.45, 7) is 3.47. The normalized spacial score (nSPS) is 11.9. The Bertz CT molecular complexity index is 925. The molecule has 224 valence electrons. The number of benzene rings is 1. The predicted octanol–water partition coefficient (Wildman–Crippen LogP) is 7.37. The first-order chi connectivity index (χ1) is 19.3. The van der Waals surface area contributed by atoms with E-state index < -0.39 is 11.9 Å². The maximum Gasteiger partial charge on any atom is 0.331 e. The van der Waals surface area contributed by atoms with Crippen molar-refractivity contribution in [2.45, 2.75) is 103 Å². The van der Waals surface area contributed by atoms with E-state index in [1.54, 1.807) is 18.2 Å². The minimum atomic E-state index is -0.491. The van der Waals surface area contributed by atoms with Crippen molar-refractivity contribution in [3.05, 3.63) is 35.9 Å². The molecule has 0 amide bonds. The molecule has 0 radical (unpaired) electrons. The molecule has 0 N–H and O–H groups in total. The molecule has 0 saturated heterocycles. The summed E-state index contributed by atoms with van der Waals surface area (Å²) in [4.78, 5) is 35.2. The topological polar surface area (TPSA) is 97.4 Å². The molecule has 8 heteroatoms. The monoisotopic (exact) mass is 560 g/mol. The standard InChI is InChI=1S/C32H48O8/c1-6-7-8-15-18-27(19-16-13-11-9-10-12-14-17-20-30(34)38-5)40-31(35)22-21-26-23-28(36-3)32(39-25(2)33)29(24-26)37-4/h13,16,21-24,27H,6-12,14-15,17-20H2,1-5H3/b16-13-,22-21+/t27-/m1/s1. The zero-order valence-electron chi connectivity index (χ0n) is 25.0. The fourth-order valence-electron chi connectivity index (χ4n) is 4.16. The van der Waals surface area contributed by atoms with Crippen LogP contribution >= 0.6 is 0 Å². The molecular weight excluding hydrogens is 512 g/mol. The summed E-state index contributed by atoms with van der Waals surface area (Å²) in [6.07, 6.45) is 19.8. The summed E-state index contributed by atoms with van der Waals surface area (Å²) in [7, 11) is 4.36. The Hall–Kier alpha value is -3.29. The van der Waals surface area contributed by atoms with Gasteiger partial charge in [-0.1, -0.05) is 57.6 Å². The highest BCUT2D eigenvalue weighted by atomic mass is 16.6. The summed E-state index contributed by atoms with van der Waals surface area (Å²) in [5.74, 6) is -0.211. The molecule has 0 aliphatic rings. The average Bonchev–Trinajstić information content (AvgIpc) is 2.94. The van der Waals surface area contributed by atoms with Gasteiger partial charge >= 0.3 is 17.9 Å². The van der Waals surface area contributed by atoms with Crippen LogP contribution in [0.5, 0.6) is 17.2 Å². The number of rotatable bonds is 21. The number of carbonyl (C=O) groups excluding carboxylic acids is 3. The molecule has 1 aromatic carbocycles. The lowest BCUT2D eigenvalue weighted by Gasteiger charge is -2.15. The second kappa shape index (κ2) is 21.5. The number of allylic oxidation sites excluding steroid dienone is 1. The van der Waals surface area contributed by atoms with E-state index in [0.29, 0.717) is 29.9 Å². The average molecular weight is 561 g/mol. The lowest BCUT2D eigenvalue weighted by molar-refractivity contribution is -0.143. The third-order valence-electron chi connectivity index (χ3n) is 6.35. The summed E-state index contributed by atoms with van der Waals surface area (Å²) < 4.78 is 26.4. The van der Waals surface area contributed by atoms with Crippen molar-refractivity contribution in [3.63, 3.8) is 0 Å². The van der Waals surface area contributed by atoms with Gasteiger partial charge in [0.15, 0.2) is 11.5 Å². The van der Waals surface area contributed by atoms with Crippen molar-refractivity contribution >= 4 is 24.0 Å². The van der Waals surface area contributed by atoms with Crippen LogP contribution in [0.3, 0.4) is 0 Å². The van der Waals surface area contributed by atoms with E-state index >= 15 is 0 Å². The van der Waals surface area contributed by atoms with Gasteiger partial charge in [-0.25, -0.2) is 4.79 Å². The Morgan fingerprint density at radius 1 is 0.850 bits per heavy atom. The number of hydrogen-bond acceptors (Lipinski definition) is 8. The van der Waals surface area contributed by atoms with Crippen LogP contribution in [0, 0.1) is 0 Å². The maximum absolute atomic E-state index is 12.7. The molecule has 0 saturated carbocycles. The molecule has 1 atom stereocenters. The SMILES string of the molecule is CCCCCC[C@H](C/C=C\CCCCCCCC(=O)OC)OC(=O)/C=C/c1cc(OC)c(OC(C)=O)c(OC)c1. The van der Waals surface area contributed by atoms with Crippen molar-refractivity contribution in [2.75, 3.05) is 21.3 Å². The maximum atomic E-state index is 12.7. The Kier molecular flexibility index (Phi) is 18.7. The fourth-order valence-corrected chi connectivity index (χ4v) is 4.16. The summed E-state index contributed by atoms with van der Waals surface area (Å²) in [5, 5.41) is 0. The van der Waals surface area contributed by atoms with Crippen LogP contribution in [0.1, 0.15) is 103 Å². The minimum Gasteiger partial charge on any atom is -0.493 e. The Morgan fingerprint density at radius 3 is 2.12 bits per heavy atom. The molecular formula is C32H48O8. The highest BCUT2D eigenvalue weighted by Crippen LogP contribution is 2.39. The first-order valence-electron chi connectivity index (χ1n) is 14.4. The van der Waals surface area contributed by atoms with Crippen LogP contribution in [0.25, 0.3) is 6.08 Å². The Balaban J connectivity index is 2.64. The third-order valence-corrected chi connectivity index (χ3v) is 6.35. The number of methoxy groups -OCH3 is 3. The van der Waals surface area contributed by atoms with Crippen molar-refractivity contribution < 1.29 is 38.1 Å². The molecule has 0 spiro atoms. The van der Waals surface area contributed by atoms with Gasteiger partial charge in [-0.15, -0.1) is 0 Å². The van der Waals surface area contributed by atoms with Crippen molar-refractivity contribution in [1.82, 2.24) is 0 Å². The van der Waals surface area contributed by atoms with Gasteiger partial charge in [0.2, 0.25) is 5.75 Å². The van der Waals surface area contributed by atoms with Crippen LogP contribution in [-0.4, -0.2) is 45.3 Å². The molecule has 0 aliphatic carbocycles. The van der Waals surface area contributed by atoms with Crippen LogP contribution < -0.4 is 14.2 Å². The lowest BCUT2D eigenvalue weighted by Crippen LogP contribution is -2.16. The van der Waals surface area contributed by atoms with Crippen LogP contribution in [0.4, 0.5) is 0 Å². The molecule has 1 rings (SSSR count). The molecule has 40 heavy (non-hydrogen) atoms. The number of ether oxygens (including phenoxy) is 5. The van der Waals surface area contributed by atoms with E-state index in [9.17, 15) is 14.4 Å². The lowest BCUT2D eigenvalue weighted by atomic mass is 10.1. The zero-order chi connectivity index (χ0) is 29.6. The molecule has 8 nitrogen and oxygen atoms in total. The van der Waals surface area contributed by atoms with Crippen molar-refractivity contribution in [1.29, 1.82) is 0 Å². The molecule has 0 bridgehead atoms. The van der Waals surface area contributed by atoms with Gasteiger partial charge in [0.05, 0.1) is 21.3 Å². The molecule has 0 aromatic heterocycles. The highest BCUT2D eigenvalue weighted by molar-refractivity contribution is 5.87. The van der Waals surface area contributed by atoms with Crippen LogP contribution in [-0.2, 0) is 23.9 Å². The van der Waals surface area contributed by atoms with Gasteiger partial charge in [-0.2, -0.15) is 0 Å². The molecule has 0 unspecified atom stereocenters. The first-order valence-corrected chi connectivity index (χ1v) is 14.4. The van der Waals surface area contributed by atoms with Gasteiger partial charge in [0, 0.05) is 25.8 Å². The second-order valence-electron chi connectivity index (χ2n) is 9.68. The minimum absolute atomic E-state index is 0.140. The fraction of sp³-hybridized carbons (Fsp3) is 0.594. The zero-order valence-corrected chi connectivity index (χ0v) is 25.0. The van der Waals surface area contributed by atoms with Gasteiger partial charge < -0.3 is 23.7 Å². The Labute approximate surface area is 240 Å². The van der Waals surface area contributed by atoms with E-state index in [-0.39, 0.29) is 17.8 Å². The van der Waals surface area contributed by atoms with E-state index in [0.717, 1.165) is 64.2 Å². The van der Waals surface area contributed by atoms with Gasteiger partial charge in [-0.3, -0.25) is 9.59 Å². The summed E-state index contributed by atoms with van der Waals surface area (Å²) in [6, 6.07) is 3.32. The van der Waals surface area contributed by atoms with E-state index in [4.69, 9.17) is 18.9 Å². The quantitative estimate of drug-likeness (QED) is 0.0505. The highest BCUT2D eigenvalue weighted by Gasteiger charge is 2.16.